The van der Waals surface area contributed by atoms with E-state index >= 15 is 13.2 Å². The maximum Gasteiger partial charge on any atom is 0.437 e. The smallest absolute Gasteiger partial charge is 0.437 e. The summed E-state index contributed by atoms with van der Waals surface area (Å²) in [7, 11) is 1.66. The molecule has 10 heteroatoms. The number of halogens is 3. The van der Waals surface area contributed by atoms with Crippen LogP contribution in [0.3, 0.4) is 0 Å². The van der Waals surface area contributed by atoms with Crippen LogP contribution in [0.2, 0.25) is 0 Å². The average molecular weight is 695 g/mol. The summed E-state index contributed by atoms with van der Waals surface area (Å²) < 4.78 is 56.2. The molecule has 0 N–H and O–H groups in total. The van der Waals surface area contributed by atoms with Crippen molar-refractivity contribution >= 4 is 35.3 Å². The number of methoxy groups -OCH3 is 1. The first-order valence-electron chi connectivity index (χ1n) is 16.2. The van der Waals surface area contributed by atoms with Gasteiger partial charge in [-0.25, -0.2) is 0 Å². The third-order valence-corrected chi connectivity index (χ3v) is 9.14. The second-order valence-corrected chi connectivity index (χ2v) is 12.5. The molecule has 2 aromatic carbocycles. The number of anilines is 1. The Labute approximate surface area is 295 Å². The van der Waals surface area contributed by atoms with Gasteiger partial charge in [0.15, 0.2) is 11.3 Å². The minimum absolute atomic E-state index is 0.289. The molecule has 1 aliphatic heterocycles. The first kappa shape index (κ1) is 37.3. The van der Waals surface area contributed by atoms with Gasteiger partial charge in [-0.1, -0.05) is 81.3 Å². The van der Waals surface area contributed by atoms with Crippen LogP contribution in [0, 0.1) is 34.0 Å². The van der Waals surface area contributed by atoms with Crippen LogP contribution in [0.5, 0.6) is 5.75 Å². The molecule has 256 valence electrons. The summed E-state index contributed by atoms with van der Waals surface area (Å²) >= 11 is 1.33. The highest BCUT2D eigenvalue weighted by molar-refractivity contribution is 7.13. The van der Waals surface area contributed by atoms with E-state index in [1.54, 1.807) is 37.5 Å². The van der Waals surface area contributed by atoms with Gasteiger partial charge in [-0.15, -0.1) is 11.3 Å². The largest absolute Gasteiger partial charge is 0.496 e. The van der Waals surface area contributed by atoms with E-state index < -0.39 is 34.3 Å². The molecule has 0 spiro atoms. The minimum atomic E-state index is -5.05. The summed E-state index contributed by atoms with van der Waals surface area (Å²) in [4.78, 5) is 3.87. The summed E-state index contributed by atoms with van der Waals surface area (Å²) in [5, 5.41) is 28.9. The molecule has 0 radical (unpaired) electrons. The van der Waals surface area contributed by atoms with E-state index in [0.717, 1.165) is 60.7 Å². The molecule has 1 aromatic heterocycles. The lowest BCUT2D eigenvalue weighted by Crippen LogP contribution is -2.43. The van der Waals surface area contributed by atoms with Gasteiger partial charge in [0.2, 0.25) is 0 Å². The van der Waals surface area contributed by atoms with E-state index in [0.29, 0.717) is 4.88 Å². The van der Waals surface area contributed by atoms with Crippen LogP contribution in [0.15, 0.2) is 101 Å². The fraction of sp³-hybridized carbons (Fsp3) is 0.275. The normalized spacial score (nSPS) is 16.1. The van der Waals surface area contributed by atoms with Gasteiger partial charge in [-0.2, -0.15) is 29.0 Å². The highest BCUT2D eigenvalue weighted by Gasteiger charge is 2.65. The Bertz CT molecular complexity index is 1910. The molecule has 0 aliphatic carbocycles. The van der Waals surface area contributed by atoms with Crippen LogP contribution in [0.4, 0.5) is 18.9 Å². The zero-order valence-electron chi connectivity index (χ0n) is 28.1. The fourth-order valence-electron chi connectivity index (χ4n) is 5.56. The summed E-state index contributed by atoms with van der Waals surface area (Å²) in [5.41, 5.74) is -3.08. The highest BCUT2D eigenvalue weighted by atomic mass is 32.1. The lowest BCUT2D eigenvalue weighted by atomic mass is 9.84. The standard InChI is InChI=1S/C40H37F3N4O2S/c1-4-6-23-47(24-7-5-2)32-18-17-29(37(25-32)48-3)13-11-12-16-33-19-20-34(50-33)21-22-36-35(28-46)38(30(26-44)27-45)49-39(36,40(41,42)43)31-14-9-8-10-15-31/h8-22,25H,4-7,23-24H2,1-3H3/b13-11+,16-12+,22-21+. The highest BCUT2D eigenvalue weighted by Crippen LogP contribution is 2.56. The quantitative estimate of drug-likeness (QED) is 0.123. The van der Waals surface area contributed by atoms with Crippen LogP contribution in [0.25, 0.3) is 18.2 Å². The van der Waals surface area contributed by atoms with Crippen LogP contribution in [0.1, 0.15) is 60.4 Å². The van der Waals surface area contributed by atoms with Gasteiger partial charge < -0.3 is 14.4 Å². The zero-order chi connectivity index (χ0) is 36.1. The Hall–Kier alpha value is -5.50. The first-order chi connectivity index (χ1) is 24.2. The van der Waals surface area contributed by atoms with Gasteiger partial charge in [0.25, 0.3) is 5.60 Å². The number of nitriles is 3. The summed E-state index contributed by atoms with van der Waals surface area (Å²) in [6.45, 7) is 6.37. The van der Waals surface area contributed by atoms with Gasteiger partial charge in [0, 0.05) is 51.3 Å². The molecule has 0 bridgehead atoms. The first-order valence-corrected chi connectivity index (χ1v) is 17.1. The van der Waals surface area contributed by atoms with Crippen LogP contribution < -0.4 is 9.64 Å². The molecule has 1 unspecified atom stereocenters. The number of hydrogen-bond acceptors (Lipinski definition) is 7. The van der Waals surface area contributed by atoms with Crippen molar-refractivity contribution in [3.63, 3.8) is 0 Å². The van der Waals surface area contributed by atoms with Gasteiger partial charge >= 0.3 is 6.18 Å². The maximum absolute atomic E-state index is 15.0. The predicted octanol–water partition coefficient (Wildman–Crippen LogP) is 10.5. The SMILES string of the molecule is CCCCN(CCCC)c1ccc(/C=C/C=C/c2ccc(/C=C/C3=C(C#N)C(=C(C#N)C#N)OC3(c3ccccc3)C(F)(F)F)s2)c(OC)c1. The lowest BCUT2D eigenvalue weighted by molar-refractivity contribution is -0.249. The zero-order valence-corrected chi connectivity index (χ0v) is 28.9. The van der Waals surface area contributed by atoms with Crippen molar-refractivity contribution in [2.45, 2.75) is 51.3 Å². The van der Waals surface area contributed by atoms with E-state index in [-0.39, 0.29) is 5.56 Å². The number of thiophene rings is 1. The molecule has 2 heterocycles. The molecule has 0 saturated carbocycles. The Morgan fingerprint density at radius 3 is 2.10 bits per heavy atom. The molecule has 50 heavy (non-hydrogen) atoms. The molecule has 4 rings (SSSR count). The predicted molar refractivity (Wildman–Crippen MR) is 193 cm³/mol. The summed E-state index contributed by atoms with van der Waals surface area (Å²) in [6, 6.07) is 21.5. The van der Waals surface area contributed by atoms with E-state index in [4.69, 9.17) is 9.47 Å². The third-order valence-electron chi connectivity index (χ3n) is 8.13. The van der Waals surface area contributed by atoms with E-state index in [2.05, 4.69) is 30.9 Å². The topological polar surface area (TPSA) is 93.1 Å². The molecule has 3 aromatic rings. The molecule has 1 atom stereocenters. The van der Waals surface area contributed by atoms with Gasteiger partial charge in [0.05, 0.1) is 7.11 Å². The van der Waals surface area contributed by atoms with Crippen molar-refractivity contribution in [2.24, 2.45) is 0 Å². The van der Waals surface area contributed by atoms with Crippen molar-refractivity contribution < 1.29 is 22.6 Å². The Morgan fingerprint density at radius 2 is 1.52 bits per heavy atom. The molecule has 0 saturated heterocycles. The van der Waals surface area contributed by atoms with Crippen molar-refractivity contribution in [3.8, 4) is 24.0 Å². The minimum Gasteiger partial charge on any atom is -0.496 e. The second kappa shape index (κ2) is 17.2. The molecular weight excluding hydrogens is 658 g/mol. The molecule has 0 amide bonds. The lowest BCUT2D eigenvalue weighted by Gasteiger charge is -2.33. The number of nitrogens with zero attached hydrogens (tertiary/aromatic N) is 4. The van der Waals surface area contributed by atoms with Crippen LogP contribution >= 0.6 is 11.3 Å². The number of unbranched alkanes of at least 4 members (excludes halogenated alkanes) is 2. The van der Waals surface area contributed by atoms with Crippen molar-refractivity contribution in [1.29, 1.82) is 15.8 Å². The van der Waals surface area contributed by atoms with E-state index in [1.807, 2.05) is 36.4 Å². The van der Waals surface area contributed by atoms with E-state index in [1.165, 1.54) is 47.8 Å². The van der Waals surface area contributed by atoms with Gasteiger partial charge in [-0.05, 0) is 49.3 Å². The van der Waals surface area contributed by atoms with Crippen molar-refractivity contribution in [1.82, 2.24) is 0 Å². The number of benzene rings is 2. The number of hydrogen-bond donors (Lipinski definition) is 0. The van der Waals surface area contributed by atoms with E-state index in [9.17, 15) is 15.8 Å². The Kier molecular flexibility index (Phi) is 12.9. The number of rotatable bonds is 14. The molecule has 1 aliphatic rings. The van der Waals surface area contributed by atoms with Gasteiger partial charge in [-0.3, -0.25) is 0 Å². The van der Waals surface area contributed by atoms with Crippen molar-refractivity contribution in [3.05, 3.63) is 122 Å². The monoisotopic (exact) mass is 694 g/mol. The summed E-state index contributed by atoms with van der Waals surface area (Å²) in [6.07, 6.45) is 9.70. The molecule has 0 fully saturated rings. The van der Waals surface area contributed by atoms with Crippen LogP contribution in [-0.2, 0) is 10.3 Å². The number of allylic oxidation sites excluding steroid dienone is 4. The molecule has 6 nitrogen and oxygen atoms in total. The van der Waals surface area contributed by atoms with Crippen molar-refractivity contribution in [2.75, 3.05) is 25.1 Å². The summed E-state index contributed by atoms with van der Waals surface area (Å²) in [5.74, 6) is 0.0761. The molecular formula is C40H37F3N4O2S. The fourth-order valence-corrected chi connectivity index (χ4v) is 6.39. The third kappa shape index (κ3) is 8.20. The number of alkyl halides is 3. The second-order valence-electron chi connectivity index (χ2n) is 11.4. The Balaban J connectivity index is 1.60. The van der Waals surface area contributed by atoms with Gasteiger partial charge in [0.1, 0.15) is 29.5 Å². The Morgan fingerprint density at radius 1 is 0.880 bits per heavy atom. The number of ether oxygens (including phenoxy) is 2. The van der Waals surface area contributed by atoms with Crippen LogP contribution in [-0.4, -0.2) is 26.4 Å². The average Bonchev–Trinajstić information content (AvgIpc) is 3.72. The maximum atomic E-state index is 15.0.